The van der Waals surface area contributed by atoms with Gasteiger partial charge in [0, 0.05) is 45.3 Å². The first-order valence-electron chi connectivity index (χ1n) is 9.38. The van der Waals surface area contributed by atoms with Crippen molar-refractivity contribution in [3.63, 3.8) is 0 Å². The summed E-state index contributed by atoms with van der Waals surface area (Å²) in [5, 5.41) is 6.64. The predicted octanol–water partition coefficient (Wildman–Crippen LogP) is 1.71. The molecule has 1 aromatic carbocycles. The Morgan fingerprint density at radius 3 is 3.00 bits per heavy atom. The second-order valence-electron chi connectivity index (χ2n) is 6.36. The number of hydrogen-bond donors (Lipinski definition) is 2. The van der Waals surface area contributed by atoms with Gasteiger partial charge >= 0.3 is 0 Å². The summed E-state index contributed by atoms with van der Waals surface area (Å²) in [7, 11) is 1.77. The molecule has 144 valence electrons. The minimum Gasteiger partial charge on any atom is -0.490 e. The van der Waals surface area contributed by atoms with Crippen LogP contribution in [0.25, 0.3) is 0 Å². The van der Waals surface area contributed by atoms with Gasteiger partial charge in [0.05, 0.1) is 25.9 Å². The molecule has 26 heavy (non-hydrogen) atoms. The molecule has 0 spiro atoms. The van der Waals surface area contributed by atoms with Gasteiger partial charge in [0.25, 0.3) is 0 Å². The molecule has 0 saturated carbocycles. The van der Waals surface area contributed by atoms with Crippen LogP contribution in [-0.2, 0) is 16.0 Å². The molecule has 2 heterocycles. The Balaban J connectivity index is 1.40. The fourth-order valence-corrected chi connectivity index (χ4v) is 2.97. The summed E-state index contributed by atoms with van der Waals surface area (Å²) < 4.78 is 22.7. The maximum absolute atomic E-state index is 5.86. The maximum atomic E-state index is 5.86. The van der Waals surface area contributed by atoms with Crippen molar-refractivity contribution in [3.8, 4) is 11.5 Å². The van der Waals surface area contributed by atoms with E-state index < -0.39 is 0 Å². The first-order chi connectivity index (χ1) is 12.9. The molecule has 7 heteroatoms. The van der Waals surface area contributed by atoms with Crippen molar-refractivity contribution < 1.29 is 18.9 Å². The number of nitrogens with one attached hydrogen (secondary N) is 2. The summed E-state index contributed by atoms with van der Waals surface area (Å²) in [5.41, 5.74) is 1.07. The Labute approximate surface area is 155 Å². The monoisotopic (exact) mass is 363 g/mol. The van der Waals surface area contributed by atoms with Gasteiger partial charge in [-0.1, -0.05) is 12.1 Å². The number of aliphatic imine (C=N–C) groups is 1. The molecule has 1 unspecified atom stereocenters. The lowest BCUT2D eigenvalue weighted by atomic mass is 10.2. The highest BCUT2D eigenvalue weighted by atomic mass is 16.5. The first kappa shape index (κ1) is 18.8. The molecule has 7 nitrogen and oxygen atoms in total. The van der Waals surface area contributed by atoms with Crippen molar-refractivity contribution in [3.05, 3.63) is 23.8 Å². The van der Waals surface area contributed by atoms with E-state index in [-0.39, 0.29) is 6.10 Å². The summed E-state index contributed by atoms with van der Waals surface area (Å²) >= 11 is 0. The highest BCUT2D eigenvalue weighted by Gasteiger charge is 2.16. The van der Waals surface area contributed by atoms with Crippen LogP contribution in [0.2, 0.25) is 0 Å². The standard InChI is InChI=1S/C19H29N3O4/c1-20-19(21-8-3-9-24-16-7-12-23-14-16)22-13-15-5-2-6-17-18(15)26-11-4-10-25-17/h2,5-6,16H,3-4,7-14H2,1H3,(H2,20,21,22). The van der Waals surface area contributed by atoms with Crippen molar-refractivity contribution in [2.45, 2.75) is 31.9 Å². The second-order valence-corrected chi connectivity index (χ2v) is 6.36. The molecule has 2 N–H and O–H groups in total. The number of benzene rings is 1. The zero-order valence-corrected chi connectivity index (χ0v) is 15.5. The molecule has 2 aliphatic heterocycles. The SMILES string of the molecule is CN=C(NCCCOC1CCOC1)NCc1cccc2c1OCCCO2. The molecule has 0 bridgehead atoms. The minimum absolute atomic E-state index is 0.267. The van der Waals surface area contributed by atoms with Gasteiger partial charge in [-0.3, -0.25) is 4.99 Å². The van der Waals surface area contributed by atoms with Crippen molar-refractivity contribution in [1.29, 1.82) is 0 Å². The number of guanidine groups is 1. The number of para-hydroxylation sites is 1. The third-order valence-corrected chi connectivity index (χ3v) is 4.38. The topological polar surface area (TPSA) is 73.3 Å². The van der Waals surface area contributed by atoms with E-state index in [1.807, 2.05) is 18.2 Å². The molecule has 0 aliphatic carbocycles. The molecular weight excluding hydrogens is 334 g/mol. The highest BCUT2D eigenvalue weighted by molar-refractivity contribution is 5.79. The van der Waals surface area contributed by atoms with Gasteiger partial charge in [-0.05, 0) is 18.9 Å². The summed E-state index contributed by atoms with van der Waals surface area (Å²) in [5.74, 6) is 2.42. The van der Waals surface area contributed by atoms with Gasteiger partial charge in [0.15, 0.2) is 17.5 Å². The normalized spacial score (nSPS) is 19.9. The van der Waals surface area contributed by atoms with Gasteiger partial charge in [0.2, 0.25) is 0 Å². The minimum atomic E-state index is 0.267. The van der Waals surface area contributed by atoms with E-state index in [9.17, 15) is 0 Å². The second kappa shape index (κ2) is 10.2. The van der Waals surface area contributed by atoms with Gasteiger partial charge in [-0.25, -0.2) is 0 Å². The van der Waals surface area contributed by atoms with Crippen LogP contribution in [-0.4, -0.2) is 58.7 Å². The van der Waals surface area contributed by atoms with Gasteiger partial charge < -0.3 is 29.6 Å². The van der Waals surface area contributed by atoms with Gasteiger partial charge in [0.1, 0.15) is 0 Å². The van der Waals surface area contributed by atoms with E-state index in [1.54, 1.807) is 7.05 Å². The van der Waals surface area contributed by atoms with E-state index in [0.717, 1.165) is 68.6 Å². The molecule has 2 aliphatic rings. The molecule has 0 amide bonds. The Bertz CT molecular complexity index is 588. The molecule has 0 radical (unpaired) electrons. The number of nitrogens with zero attached hydrogens (tertiary/aromatic N) is 1. The van der Waals surface area contributed by atoms with Crippen LogP contribution < -0.4 is 20.1 Å². The van der Waals surface area contributed by atoms with Crippen LogP contribution in [0.3, 0.4) is 0 Å². The van der Waals surface area contributed by atoms with E-state index in [2.05, 4.69) is 15.6 Å². The number of hydrogen-bond acceptors (Lipinski definition) is 5. The molecule has 1 fully saturated rings. The zero-order valence-electron chi connectivity index (χ0n) is 15.5. The van der Waals surface area contributed by atoms with E-state index >= 15 is 0 Å². The van der Waals surface area contributed by atoms with Crippen LogP contribution >= 0.6 is 0 Å². The fourth-order valence-electron chi connectivity index (χ4n) is 2.97. The Kier molecular flexibility index (Phi) is 7.39. The lowest BCUT2D eigenvalue weighted by molar-refractivity contribution is 0.0420. The smallest absolute Gasteiger partial charge is 0.191 e. The van der Waals surface area contributed by atoms with Crippen molar-refractivity contribution in [1.82, 2.24) is 10.6 Å². The largest absolute Gasteiger partial charge is 0.490 e. The Hall–Kier alpha value is -1.99. The van der Waals surface area contributed by atoms with Crippen LogP contribution in [0.1, 0.15) is 24.8 Å². The van der Waals surface area contributed by atoms with E-state index in [4.69, 9.17) is 18.9 Å². The van der Waals surface area contributed by atoms with Crippen molar-refractivity contribution in [2.75, 3.05) is 46.6 Å². The molecule has 0 aromatic heterocycles. The van der Waals surface area contributed by atoms with Crippen molar-refractivity contribution in [2.24, 2.45) is 4.99 Å². The van der Waals surface area contributed by atoms with E-state index in [0.29, 0.717) is 19.8 Å². The van der Waals surface area contributed by atoms with Crippen LogP contribution in [0, 0.1) is 0 Å². The lowest BCUT2D eigenvalue weighted by Gasteiger charge is -2.15. The number of ether oxygens (including phenoxy) is 4. The predicted molar refractivity (Wildman–Crippen MR) is 100 cm³/mol. The summed E-state index contributed by atoms with van der Waals surface area (Å²) in [4.78, 5) is 4.27. The Morgan fingerprint density at radius 2 is 2.15 bits per heavy atom. The number of fused-ring (bicyclic) bond motifs is 1. The quantitative estimate of drug-likeness (QED) is 0.436. The number of rotatable bonds is 7. The van der Waals surface area contributed by atoms with Gasteiger partial charge in [-0.2, -0.15) is 0 Å². The van der Waals surface area contributed by atoms with Crippen LogP contribution in [0.15, 0.2) is 23.2 Å². The zero-order chi connectivity index (χ0) is 18.0. The maximum Gasteiger partial charge on any atom is 0.191 e. The summed E-state index contributed by atoms with van der Waals surface area (Å²) in [6.45, 7) is 5.09. The molecule has 1 saturated heterocycles. The molecule has 1 aromatic rings. The lowest BCUT2D eigenvalue weighted by Crippen LogP contribution is -2.37. The first-order valence-corrected chi connectivity index (χ1v) is 9.38. The average molecular weight is 363 g/mol. The van der Waals surface area contributed by atoms with Gasteiger partial charge in [-0.15, -0.1) is 0 Å². The van der Waals surface area contributed by atoms with Crippen LogP contribution in [0.4, 0.5) is 0 Å². The Morgan fingerprint density at radius 1 is 1.23 bits per heavy atom. The molecule has 1 atom stereocenters. The highest BCUT2D eigenvalue weighted by Crippen LogP contribution is 2.33. The summed E-state index contributed by atoms with van der Waals surface area (Å²) in [6.07, 6.45) is 3.10. The van der Waals surface area contributed by atoms with Crippen molar-refractivity contribution >= 4 is 5.96 Å². The average Bonchev–Trinajstić information content (AvgIpc) is 3.06. The summed E-state index contributed by atoms with van der Waals surface area (Å²) in [6, 6.07) is 5.99. The molecule has 3 rings (SSSR count). The third kappa shape index (κ3) is 5.51. The molecular formula is C19H29N3O4. The fraction of sp³-hybridized carbons (Fsp3) is 0.632. The van der Waals surface area contributed by atoms with Crippen LogP contribution in [0.5, 0.6) is 11.5 Å². The van der Waals surface area contributed by atoms with E-state index in [1.165, 1.54) is 0 Å². The third-order valence-electron chi connectivity index (χ3n) is 4.38.